The van der Waals surface area contributed by atoms with Crippen LogP contribution in [0.25, 0.3) is 11.8 Å². The third-order valence-electron chi connectivity index (χ3n) is 4.59. The summed E-state index contributed by atoms with van der Waals surface area (Å²) < 4.78 is 1.98. The van der Waals surface area contributed by atoms with E-state index in [1.807, 2.05) is 49.6 Å². The fraction of sp³-hybridized carbons (Fsp3) is 0.136. The molecular weight excluding hydrogens is 340 g/mol. The monoisotopic (exact) mass is 360 g/mol. The quantitative estimate of drug-likeness (QED) is 0.272. The summed E-state index contributed by atoms with van der Waals surface area (Å²) >= 11 is 0. The highest BCUT2D eigenvalue weighted by Crippen LogP contribution is 2.27. The first-order valence-electron chi connectivity index (χ1n) is 8.60. The Morgan fingerprint density at radius 2 is 1.74 bits per heavy atom. The van der Waals surface area contributed by atoms with Gasteiger partial charge in [0.2, 0.25) is 0 Å². The Morgan fingerprint density at radius 1 is 1.04 bits per heavy atom. The summed E-state index contributed by atoms with van der Waals surface area (Å²) in [4.78, 5) is 23.0. The molecule has 0 saturated carbocycles. The van der Waals surface area contributed by atoms with Gasteiger partial charge < -0.3 is 4.57 Å². The first kappa shape index (κ1) is 18.3. The molecule has 27 heavy (non-hydrogen) atoms. The molecule has 0 atom stereocenters. The number of aryl methyl sites for hydroxylation is 2. The molecule has 0 spiro atoms. The number of aromatic nitrogens is 1. The molecule has 5 heteroatoms. The van der Waals surface area contributed by atoms with Crippen LogP contribution in [0.5, 0.6) is 0 Å². The molecule has 5 nitrogen and oxygen atoms in total. The van der Waals surface area contributed by atoms with Crippen molar-refractivity contribution in [2.24, 2.45) is 0 Å². The third kappa shape index (κ3) is 3.72. The van der Waals surface area contributed by atoms with Crippen LogP contribution in [0, 0.1) is 30.9 Å². The highest BCUT2D eigenvalue weighted by molar-refractivity contribution is 6.06. The Labute approximate surface area is 157 Å². The molecule has 0 radical (unpaired) electrons. The number of nitro groups is 1. The predicted molar refractivity (Wildman–Crippen MR) is 106 cm³/mol. The normalized spacial score (nSPS) is 11.1. The SMILES string of the molecule is Cc1ccc([N+](=O)[O-])cc1-n1c(C)cc(/C=C/C(=O)c2ccccc2)c1C. The second-order valence-electron chi connectivity index (χ2n) is 6.45. The first-order chi connectivity index (χ1) is 12.9. The lowest BCUT2D eigenvalue weighted by Crippen LogP contribution is -2.02. The summed E-state index contributed by atoms with van der Waals surface area (Å²) in [6.07, 6.45) is 3.35. The van der Waals surface area contributed by atoms with Gasteiger partial charge in [0, 0.05) is 29.1 Å². The van der Waals surface area contributed by atoms with E-state index >= 15 is 0 Å². The molecule has 0 N–H and O–H groups in total. The second-order valence-corrected chi connectivity index (χ2v) is 6.45. The van der Waals surface area contributed by atoms with E-state index < -0.39 is 4.92 Å². The average Bonchev–Trinajstić information content (AvgIpc) is 2.94. The van der Waals surface area contributed by atoms with E-state index in [1.165, 1.54) is 6.07 Å². The van der Waals surface area contributed by atoms with Gasteiger partial charge >= 0.3 is 0 Å². The fourth-order valence-corrected chi connectivity index (χ4v) is 3.14. The maximum absolute atomic E-state index is 12.3. The second kappa shape index (κ2) is 7.41. The minimum absolute atomic E-state index is 0.0550. The van der Waals surface area contributed by atoms with Gasteiger partial charge in [-0.1, -0.05) is 36.4 Å². The summed E-state index contributed by atoms with van der Waals surface area (Å²) in [7, 11) is 0. The van der Waals surface area contributed by atoms with Crippen LogP contribution >= 0.6 is 0 Å². The number of carbonyl (C=O) groups excluding carboxylic acids is 1. The number of hydrogen-bond acceptors (Lipinski definition) is 3. The van der Waals surface area contributed by atoms with E-state index in [4.69, 9.17) is 0 Å². The zero-order valence-electron chi connectivity index (χ0n) is 15.5. The van der Waals surface area contributed by atoms with Crippen LogP contribution < -0.4 is 0 Å². The lowest BCUT2D eigenvalue weighted by Gasteiger charge is -2.12. The molecule has 0 aliphatic heterocycles. The molecule has 0 bridgehead atoms. The Hall–Kier alpha value is -3.47. The summed E-state index contributed by atoms with van der Waals surface area (Å²) in [5, 5.41) is 11.1. The van der Waals surface area contributed by atoms with Crippen LogP contribution in [-0.2, 0) is 0 Å². The van der Waals surface area contributed by atoms with Crippen LogP contribution in [-0.4, -0.2) is 15.3 Å². The molecule has 1 heterocycles. The van der Waals surface area contributed by atoms with Crippen LogP contribution in [0.2, 0.25) is 0 Å². The Bertz CT molecular complexity index is 1050. The van der Waals surface area contributed by atoms with Gasteiger partial charge in [-0.05, 0) is 50.1 Å². The lowest BCUT2D eigenvalue weighted by atomic mass is 10.1. The maximum Gasteiger partial charge on any atom is 0.271 e. The van der Waals surface area contributed by atoms with E-state index in [2.05, 4.69) is 0 Å². The molecule has 0 aliphatic carbocycles. The van der Waals surface area contributed by atoms with Gasteiger partial charge in [-0.15, -0.1) is 0 Å². The van der Waals surface area contributed by atoms with E-state index in [1.54, 1.807) is 36.4 Å². The first-order valence-corrected chi connectivity index (χ1v) is 8.60. The minimum Gasteiger partial charge on any atom is -0.317 e. The van der Waals surface area contributed by atoms with E-state index in [9.17, 15) is 14.9 Å². The molecule has 0 aliphatic rings. The molecule has 3 aromatic rings. The van der Waals surface area contributed by atoms with Crippen molar-refractivity contribution in [3.8, 4) is 5.69 Å². The van der Waals surface area contributed by atoms with Crippen molar-refractivity contribution >= 4 is 17.5 Å². The Morgan fingerprint density at radius 3 is 2.41 bits per heavy atom. The van der Waals surface area contributed by atoms with Gasteiger partial charge in [0.15, 0.2) is 5.78 Å². The predicted octanol–water partition coefficient (Wildman–Crippen LogP) is 5.21. The highest BCUT2D eigenvalue weighted by atomic mass is 16.6. The fourth-order valence-electron chi connectivity index (χ4n) is 3.14. The van der Waals surface area contributed by atoms with Crippen molar-refractivity contribution in [1.82, 2.24) is 4.57 Å². The molecule has 1 aromatic heterocycles. The van der Waals surface area contributed by atoms with Crippen molar-refractivity contribution in [2.75, 3.05) is 0 Å². The number of non-ortho nitro benzene ring substituents is 1. The van der Waals surface area contributed by atoms with Gasteiger partial charge in [0.05, 0.1) is 10.6 Å². The van der Waals surface area contributed by atoms with Gasteiger partial charge in [-0.25, -0.2) is 0 Å². The zero-order chi connectivity index (χ0) is 19.6. The zero-order valence-corrected chi connectivity index (χ0v) is 15.5. The number of nitro benzene ring substituents is 1. The Balaban J connectivity index is 1.99. The average molecular weight is 360 g/mol. The topological polar surface area (TPSA) is 65.1 Å². The van der Waals surface area contributed by atoms with Crippen LogP contribution in [0.1, 0.15) is 32.9 Å². The number of nitrogens with zero attached hydrogens (tertiary/aromatic N) is 2. The van der Waals surface area contributed by atoms with Crippen LogP contribution in [0.4, 0.5) is 5.69 Å². The van der Waals surface area contributed by atoms with Crippen molar-refractivity contribution in [1.29, 1.82) is 0 Å². The van der Waals surface area contributed by atoms with Gasteiger partial charge in [-0.2, -0.15) is 0 Å². The molecular formula is C22H20N2O3. The summed E-state index contributed by atoms with van der Waals surface area (Å²) in [6.45, 7) is 5.81. The van der Waals surface area contributed by atoms with Crippen molar-refractivity contribution in [3.63, 3.8) is 0 Å². The molecule has 0 saturated heterocycles. The van der Waals surface area contributed by atoms with E-state index in [0.29, 0.717) is 5.56 Å². The molecule has 136 valence electrons. The molecule has 0 unspecified atom stereocenters. The van der Waals surface area contributed by atoms with Crippen molar-refractivity contribution in [3.05, 3.63) is 98.9 Å². The summed E-state index contributed by atoms with van der Waals surface area (Å²) in [5.74, 6) is -0.0630. The Kier molecular flexibility index (Phi) is 5.03. The summed E-state index contributed by atoms with van der Waals surface area (Å²) in [6, 6.07) is 15.9. The largest absolute Gasteiger partial charge is 0.317 e. The van der Waals surface area contributed by atoms with Gasteiger partial charge in [-0.3, -0.25) is 14.9 Å². The lowest BCUT2D eigenvalue weighted by molar-refractivity contribution is -0.384. The maximum atomic E-state index is 12.3. The van der Waals surface area contributed by atoms with Crippen molar-refractivity contribution < 1.29 is 9.72 Å². The number of carbonyl (C=O) groups is 1. The molecule has 3 rings (SSSR count). The molecule has 0 fully saturated rings. The number of rotatable bonds is 5. The van der Waals surface area contributed by atoms with Crippen LogP contribution in [0.15, 0.2) is 60.7 Å². The third-order valence-corrected chi connectivity index (χ3v) is 4.59. The van der Waals surface area contributed by atoms with E-state index in [-0.39, 0.29) is 11.5 Å². The van der Waals surface area contributed by atoms with E-state index in [0.717, 1.165) is 28.2 Å². The standard InChI is InChI=1S/C22H20N2O3/c1-15-9-11-20(24(26)27)14-21(15)23-16(2)13-19(17(23)3)10-12-22(25)18-7-5-4-6-8-18/h4-14H,1-3H3/b12-10+. The highest BCUT2D eigenvalue weighted by Gasteiger charge is 2.15. The smallest absolute Gasteiger partial charge is 0.271 e. The number of benzene rings is 2. The van der Waals surface area contributed by atoms with Gasteiger partial charge in [0.1, 0.15) is 0 Å². The number of allylic oxidation sites excluding steroid dienone is 1. The van der Waals surface area contributed by atoms with Crippen molar-refractivity contribution in [2.45, 2.75) is 20.8 Å². The summed E-state index contributed by atoms with van der Waals surface area (Å²) in [5.41, 5.74) is 5.18. The van der Waals surface area contributed by atoms with Crippen LogP contribution in [0.3, 0.4) is 0 Å². The molecule has 2 aromatic carbocycles. The number of ketones is 1. The van der Waals surface area contributed by atoms with Gasteiger partial charge in [0.25, 0.3) is 5.69 Å². The molecule has 0 amide bonds. The number of hydrogen-bond donors (Lipinski definition) is 0. The minimum atomic E-state index is -0.392.